The van der Waals surface area contributed by atoms with Crippen molar-refractivity contribution in [2.24, 2.45) is 0 Å². The summed E-state index contributed by atoms with van der Waals surface area (Å²) in [4.78, 5) is 0. The maximum absolute atomic E-state index is 12.8. The molecule has 0 saturated heterocycles. The molecule has 122 valence electrons. The van der Waals surface area contributed by atoms with Crippen LogP contribution in [0.25, 0.3) is 11.3 Å². The zero-order valence-corrected chi connectivity index (χ0v) is 12.4. The third-order valence-electron chi connectivity index (χ3n) is 3.92. The molecule has 0 radical (unpaired) electrons. The van der Waals surface area contributed by atoms with Gasteiger partial charge in [-0.05, 0) is 23.3 Å². The van der Waals surface area contributed by atoms with Gasteiger partial charge in [0, 0.05) is 5.56 Å². The molecule has 0 saturated carbocycles. The minimum atomic E-state index is -4.37. The van der Waals surface area contributed by atoms with Crippen molar-refractivity contribution in [2.45, 2.75) is 19.3 Å². The van der Waals surface area contributed by atoms with Gasteiger partial charge in [-0.1, -0.05) is 41.6 Å². The van der Waals surface area contributed by atoms with E-state index < -0.39 is 11.7 Å². The summed E-state index contributed by atoms with van der Waals surface area (Å²) >= 11 is 0. The highest BCUT2D eigenvalue weighted by atomic mass is 19.4. The number of fused-ring (bicyclic) bond motifs is 3. The Morgan fingerprint density at radius 2 is 1.88 bits per heavy atom. The Morgan fingerprint density at radius 3 is 2.62 bits per heavy atom. The van der Waals surface area contributed by atoms with Crippen LogP contribution in [0.3, 0.4) is 0 Å². The topological polar surface area (TPSA) is 39.9 Å². The number of aromatic nitrogens is 3. The highest BCUT2D eigenvalue weighted by molar-refractivity contribution is 5.70. The molecular weight excluding hydrogens is 319 g/mol. The Morgan fingerprint density at radius 1 is 1.08 bits per heavy atom. The van der Waals surface area contributed by atoms with Gasteiger partial charge in [0.15, 0.2) is 5.69 Å². The van der Waals surface area contributed by atoms with Gasteiger partial charge in [0.05, 0.1) is 12.1 Å². The minimum Gasteiger partial charge on any atom is -0.471 e. The second-order valence-corrected chi connectivity index (χ2v) is 5.54. The van der Waals surface area contributed by atoms with Gasteiger partial charge >= 0.3 is 6.18 Å². The van der Waals surface area contributed by atoms with Crippen molar-refractivity contribution in [3.63, 3.8) is 0 Å². The molecule has 2 heterocycles. The first kappa shape index (κ1) is 14.7. The summed E-state index contributed by atoms with van der Waals surface area (Å²) in [6.45, 7) is 0.549. The zero-order valence-electron chi connectivity index (χ0n) is 12.4. The standard InChI is InChI=1S/C17H12F3N3O/c18-17(19,20)13-6-7-14-12(8-13)10-24-16-15(14)21-22-23(16)9-11-4-2-1-3-5-11/h1-8H,9-10H2. The summed E-state index contributed by atoms with van der Waals surface area (Å²) in [5.74, 6) is 0.478. The summed E-state index contributed by atoms with van der Waals surface area (Å²) in [5, 5.41) is 8.18. The molecule has 0 spiro atoms. The molecule has 4 nitrogen and oxygen atoms in total. The molecule has 0 amide bonds. The van der Waals surface area contributed by atoms with Crippen LogP contribution in [0.5, 0.6) is 5.88 Å². The number of benzene rings is 2. The lowest BCUT2D eigenvalue weighted by atomic mass is 10.0. The smallest absolute Gasteiger partial charge is 0.416 e. The van der Waals surface area contributed by atoms with Gasteiger partial charge in [-0.3, -0.25) is 0 Å². The van der Waals surface area contributed by atoms with Crippen molar-refractivity contribution in [2.75, 3.05) is 0 Å². The number of ether oxygens (including phenoxy) is 1. The van der Waals surface area contributed by atoms with E-state index in [1.165, 1.54) is 6.07 Å². The first-order valence-corrected chi connectivity index (χ1v) is 7.33. The maximum Gasteiger partial charge on any atom is 0.416 e. The molecule has 4 rings (SSSR count). The average molecular weight is 331 g/mol. The number of alkyl halides is 3. The molecule has 0 aliphatic carbocycles. The predicted octanol–water partition coefficient (Wildman–Crippen LogP) is 3.90. The molecule has 24 heavy (non-hydrogen) atoms. The fourth-order valence-electron chi connectivity index (χ4n) is 2.74. The van der Waals surface area contributed by atoms with Crippen LogP contribution in [0.1, 0.15) is 16.7 Å². The largest absolute Gasteiger partial charge is 0.471 e. The molecule has 1 aliphatic rings. The SMILES string of the molecule is FC(F)(F)c1ccc2c(c1)COc1c-2nnn1Cc1ccccc1. The van der Waals surface area contributed by atoms with E-state index in [4.69, 9.17) is 4.74 Å². The summed E-state index contributed by atoms with van der Waals surface area (Å²) in [6.07, 6.45) is -4.37. The Kier molecular flexibility index (Phi) is 3.30. The summed E-state index contributed by atoms with van der Waals surface area (Å²) in [5.41, 5.74) is 1.91. The van der Waals surface area contributed by atoms with Gasteiger partial charge in [-0.15, -0.1) is 5.10 Å². The monoisotopic (exact) mass is 331 g/mol. The summed E-state index contributed by atoms with van der Waals surface area (Å²) < 4.78 is 45.7. The van der Waals surface area contributed by atoms with Crippen molar-refractivity contribution < 1.29 is 17.9 Å². The number of hydrogen-bond acceptors (Lipinski definition) is 3. The van der Waals surface area contributed by atoms with Crippen molar-refractivity contribution in [3.8, 4) is 17.1 Å². The Balaban J connectivity index is 1.71. The van der Waals surface area contributed by atoms with Crippen molar-refractivity contribution in [3.05, 3.63) is 65.2 Å². The van der Waals surface area contributed by atoms with Crippen molar-refractivity contribution >= 4 is 0 Å². The van der Waals surface area contributed by atoms with Crippen LogP contribution in [0.2, 0.25) is 0 Å². The maximum atomic E-state index is 12.8. The van der Waals surface area contributed by atoms with E-state index in [1.54, 1.807) is 4.68 Å². The normalized spacial score (nSPS) is 13.1. The van der Waals surface area contributed by atoms with E-state index in [0.29, 0.717) is 29.2 Å². The van der Waals surface area contributed by atoms with E-state index in [-0.39, 0.29) is 6.61 Å². The second-order valence-electron chi connectivity index (χ2n) is 5.54. The number of nitrogens with zero attached hydrogens (tertiary/aromatic N) is 3. The lowest BCUT2D eigenvalue weighted by molar-refractivity contribution is -0.137. The lowest BCUT2D eigenvalue weighted by Crippen LogP contribution is -2.12. The van der Waals surface area contributed by atoms with E-state index in [9.17, 15) is 13.2 Å². The highest BCUT2D eigenvalue weighted by Gasteiger charge is 2.33. The molecule has 0 unspecified atom stereocenters. The van der Waals surface area contributed by atoms with Gasteiger partial charge in [-0.2, -0.15) is 13.2 Å². The molecule has 0 fully saturated rings. The van der Waals surface area contributed by atoms with Gasteiger partial charge in [0.2, 0.25) is 5.88 Å². The van der Waals surface area contributed by atoms with Gasteiger partial charge in [0.1, 0.15) is 6.61 Å². The van der Waals surface area contributed by atoms with E-state index in [0.717, 1.165) is 17.7 Å². The molecule has 0 N–H and O–H groups in total. The van der Waals surface area contributed by atoms with E-state index >= 15 is 0 Å². The Hall–Kier alpha value is -2.83. The second kappa shape index (κ2) is 5.36. The first-order chi connectivity index (χ1) is 11.5. The summed E-state index contributed by atoms with van der Waals surface area (Å²) in [6, 6.07) is 13.3. The molecule has 0 atom stereocenters. The molecule has 1 aromatic heterocycles. The molecule has 7 heteroatoms. The van der Waals surface area contributed by atoms with Gasteiger partial charge in [0.25, 0.3) is 0 Å². The zero-order chi connectivity index (χ0) is 16.7. The van der Waals surface area contributed by atoms with Crippen molar-refractivity contribution in [1.29, 1.82) is 0 Å². The number of hydrogen-bond donors (Lipinski definition) is 0. The van der Waals surface area contributed by atoms with E-state index in [2.05, 4.69) is 10.3 Å². The highest BCUT2D eigenvalue weighted by Crippen LogP contribution is 2.39. The molecule has 2 aromatic carbocycles. The minimum absolute atomic E-state index is 0.0639. The van der Waals surface area contributed by atoms with E-state index in [1.807, 2.05) is 30.3 Å². The van der Waals surface area contributed by atoms with Gasteiger partial charge < -0.3 is 4.74 Å². The molecule has 3 aromatic rings. The predicted molar refractivity (Wildman–Crippen MR) is 80.3 cm³/mol. The molecular formula is C17H12F3N3O. The fourth-order valence-corrected chi connectivity index (χ4v) is 2.74. The Labute approximate surface area is 135 Å². The molecule has 0 bridgehead atoms. The molecule has 1 aliphatic heterocycles. The van der Waals surface area contributed by atoms with Crippen LogP contribution in [0.4, 0.5) is 13.2 Å². The van der Waals surface area contributed by atoms with Crippen LogP contribution in [0, 0.1) is 0 Å². The number of rotatable bonds is 2. The van der Waals surface area contributed by atoms with Crippen molar-refractivity contribution in [1.82, 2.24) is 15.0 Å². The van der Waals surface area contributed by atoms with Crippen LogP contribution < -0.4 is 4.74 Å². The third kappa shape index (κ3) is 2.51. The first-order valence-electron chi connectivity index (χ1n) is 7.33. The van der Waals surface area contributed by atoms with Crippen LogP contribution >= 0.6 is 0 Å². The van der Waals surface area contributed by atoms with Crippen LogP contribution in [0.15, 0.2) is 48.5 Å². The fraction of sp³-hybridized carbons (Fsp3) is 0.176. The quantitative estimate of drug-likeness (QED) is 0.715. The lowest BCUT2D eigenvalue weighted by Gasteiger charge is -2.19. The van der Waals surface area contributed by atoms with Gasteiger partial charge in [-0.25, -0.2) is 4.68 Å². The summed E-state index contributed by atoms with van der Waals surface area (Å²) in [7, 11) is 0. The van der Waals surface area contributed by atoms with Crippen LogP contribution in [-0.4, -0.2) is 15.0 Å². The third-order valence-corrected chi connectivity index (χ3v) is 3.92. The number of halogens is 3. The van der Waals surface area contributed by atoms with Crippen LogP contribution in [-0.2, 0) is 19.3 Å². The Bertz CT molecular complexity index is 888. The average Bonchev–Trinajstić information content (AvgIpc) is 2.98.